The largest absolute Gasteiger partial charge is 0.447 e. The molecule has 1 saturated heterocycles. The maximum atomic E-state index is 12.2. The number of nitrogens with one attached hydrogen (secondary N) is 1. The fourth-order valence-electron chi connectivity index (χ4n) is 3.00. The standard InChI is InChI=1S/C17H24N4O4/c1-11-14(19-12(2)25-11)4-6-18-17(22)15-10-24-16(20-15)9-21-7-5-13(8-21)23-3/h10,13H,4-9H2,1-3H3,(H,18,22). The van der Waals surface area contributed by atoms with Crippen LogP contribution in [0.4, 0.5) is 0 Å². The van der Waals surface area contributed by atoms with Crippen LogP contribution in [0.5, 0.6) is 0 Å². The van der Waals surface area contributed by atoms with Gasteiger partial charge in [-0.15, -0.1) is 0 Å². The summed E-state index contributed by atoms with van der Waals surface area (Å²) >= 11 is 0. The number of ether oxygens (including phenoxy) is 1. The first kappa shape index (κ1) is 17.6. The lowest BCUT2D eigenvalue weighted by Gasteiger charge is -2.12. The predicted molar refractivity (Wildman–Crippen MR) is 89.2 cm³/mol. The Morgan fingerprint density at radius 2 is 2.28 bits per heavy atom. The number of aryl methyl sites for hydroxylation is 2. The second kappa shape index (κ2) is 7.79. The van der Waals surface area contributed by atoms with Crippen LogP contribution < -0.4 is 5.32 Å². The van der Waals surface area contributed by atoms with Gasteiger partial charge < -0.3 is 18.9 Å². The second-order valence-corrected chi connectivity index (χ2v) is 6.25. The lowest BCUT2D eigenvalue weighted by Crippen LogP contribution is -2.26. The van der Waals surface area contributed by atoms with Crippen LogP contribution in [-0.2, 0) is 17.7 Å². The van der Waals surface area contributed by atoms with E-state index in [0.29, 0.717) is 37.0 Å². The van der Waals surface area contributed by atoms with Gasteiger partial charge in [0, 0.05) is 40.1 Å². The third-order valence-electron chi connectivity index (χ3n) is 4.35. The predicted octanol–water partition coefficient (Wildman–Crippen LogP) is 1.47. The molecule has 25 heavy (non-hydrogen) atoms. The van der Waals surface area contributed by atoms with Gasteiger partial charge in [0.2, 0.25) is 5.89 Å². The molecule has 1 unspecified atom stereocenters. The van der Waals surface area contributed by atoms with Crippen LogP contribution in [0.3, 0.4) is 0 Å². The molecule has 1 N–H and O–H groups in total. The van der Waals surface area contributed by atoms with E-state index < -0.39 is 0 Å². The highest BCUT2D eigenvalue weighted by Crippen LogP contribution is 2.15. The molecule has 1 amide bonds. The lowest BCUT2D eigenvalue weighted by molar-refractivity contribution is 0.0948. The number of oxazole rings is 2. The molecule has 0 saturated carbocycles. The Labute approximate surface area is 146 Å². The number of hydrogen-bond acceptors (Lipinski definition) is 7. The van der Waals surface area contributed by atoms with Gasteiger partial charge in [0.1, 0.15) is 12.0 Å². The summed E-state index contributed by atoms with van der Waals surface area (Å²) in [5.74, 6) is 1.72. The topological polar surface area (TPSA) is 93.6 Å². The fraction of sp³-hybridized carbons (Fsp3) is 0.588. The van der Waals surface area contributed by atoms with E-state index in [-0.39, 0.29) is 12.0 Å². The molecule has 0 spiro atoms. The van der Waals surface area contributed by atoms with Gasteiger partial charge >= 0.3 is 0 Å². The van der Waals surface area contributed by atoms with Crippen molar-refractivity contribution in [3.05, 3.63) is 35.2 Å². The first-order valence-corrected chi connectivity index (χ1v) is 8.46. The Bertz CT molecular complexity index is 724. The van der Waals surface area contributed by atoms with Gasteiger partial charge in [0.25, 0.3) is 5.91 Å². The Morgan fingerprint density at radius 1 is 1.44 bits per heavy atom. The molecule has 0 bridgehead atoms. The van der Waals surface area contributed by atoms with Crippen molar-refractivity contribution < 1.29 is 18.4 Å². The molecule has 0 radical (unpaired) electrons. The number of rotatable bonds is 7. The van der Waals surface area contributed by atoms with E-state index in [1.807, 2.05) is 6.92 Å². The molecule has 2 aromatic heterocycles. The van der Waals surface area contributed by atoms with Crippen molar-refractivity contribution in [1.82, 2.24) is 20.2 Å². The molecule has 1 aliphatic heterocycles. The summed E-state index contributed by atoms with van der Waals surface area (Å²) in [7, 11) is 1.73. The number of carbonyl (C=O) groups is 1. The average molecular weight is 348 g/mol. The molecule has 8 heteroatoms. The minimum atomic E-state index is -0.246. The van der Waals surface area contributed by atoms with E-state index in [1.54, 1.807) is 14.0 Å². The number of hydrogen-bond donors (Lipinski definition) is 1. The fourth-order valence-corrected chi connectivity index (χ4v) is 3.00. The third kappa shape index (κ3) is 4.46. The van der Waals surface area contributed by atoms with Gasteiger partial charge in [-0.05, 0) is 13.3 Å². The van der Waals surface area contributed by atoms with Crippen LogP contribution >= 0.6 is 0 Å². The maximum absolute atomic E-state index is 12.2. The zero-order valence-electron chi connectivity index (χ0n) is 14.9. The molecule has 1 fully saturated rings. The average Bonchev–Trinajstić information content (AvgIpc) is 3.29. The molecule has 0 aliphatic carbocycles. The van der Waals surface area contributed by atoms with Crippen LogP contribution in [0, 0.1) is 13.8 Å². The van der Waals surface area contributed by atoms with Crippen LogP contribution in [0.2, 0.25) is 0 Å². The Balaban J connectivity index is 1.46. The minimum absolute atomic E-state index is 0.246. The number of methoxy groups -OCH3 is 1. The van der Waals surface area contributed by atoms with E-state index in [4.69, 9.17) is 13.6 Å². The van der Waals surface area contributed by atoms with E-state index in [0.717, 1.165) is 31.0 Å². The molecular weight excluding hydrogens is 324 g/mol. The maximum Gasteiger partial charge on any atom is 0.273 e. The van der Waals surface area contributed by atoms with Crippen LogP contribution in [-0.4, -0.2) is 53.6 Å². The highest BCUT2D eigenvalue weighted by molar-refractivity contribution is 5.91. The number of aromatic nitrogens is 2. The van der Waals surface area contributed by atoms with E-state index in [1.165, 1.54) is 6.26 Å². The van der Waals surface area contributed by atoms with Crippen molar-refractivity contribution in [3.63, 3.8) is 0 Å². The summed E-state index contributed by atoms with van der Waals surface area (Å²) < 4.78 is 16.1. The number of nitrogens with zero attached hydrogens (tertiary/aromatic N) is 3. The van der Waals surface area contributed by atoms with Gasteiger partial charge in [0.05, 0.1) is 18.3 Å². The number of carbonyl (C=O) groups excluding carboxylic acids is 1. The smallest absolute Gasteiger partial charge is 0.273 e. The zero-order chi connectivity index (χ0) is 17.8. The Kier molecular flexibility index (Phi) is 5.50. The first-order valence-electron chi connectivity index (χ1n) is 8.46. The van der Waals surface area contributed by atoms with E-state index in [9.17, 15) is 4.79 Å². The summed E-state index contributed by atoms with van der Waals surface area (Å²) in [6.45, 7) is 6.53. The number of amides is 1. The van der Waals surface area contributed by atoms with Crippen molar-refractivity contribution in [2.24, 2.45) is 0 Å². The van der Waals surface area contributed by atoms with Crippen LogP contribution in [0.15, 0.2) is 15.1 Å². The quantitative estimate of drug-likeness (QED) is 0.810. The van der Waals surface area contributed by atoms with Crippen molar-refractivity contribution in [2.75, 3.05) is 26.7 Å². The van der Waals surface area contributed by atoms with E-state index >= 15 is 0 Å². The van der Waals surface area contributed by atoms with Crippen molar-refractivity contribution >= 4 is 5.91 Å². The Hall–Kier alpha value is -2.19. The van der Waals surface area contributed by atoms with Crippen molar-refractivity contribution in [2.45, 2.75) is 39.3 Å². The molecule has 2 aromatic rings. The monoisotopic (exact) mass is 348 g/mol. The van der Waals surface area contributed by atoms with Crippen LogP contribution in [0.1, 0.15) is 40.1 Å². The van der Waals surface area contributed by atoms with Crippen molar-refractivity contribution in [1.29, 1.82) is 0 Å². The highest BCUT2D eigenvalue weighted by Gasteiger charge is 2.23. The molecule has 8 nitrogen and oxygen atoms in total. The molecule has 0 aromatic carbocycles. The normalized spacial score (nSPS) is 18.0. The van der Waals surface area contributed by atoms with Crippen LogP contribution in [0.25, 0.3) is 0 Å². The van der Waals surface area contributed by atoms with E-state index in [2.05, 4.69) is 20.2 Å². The van der Waals surface area contributed by atoms with Gasteiger partial charge in [-0.3, -0.25) is 9.69 Å². The number of likely N-dealkylation sites (tertiary alicyclic amines) is 1. The molecule has 1 atom stereocenters. The summed E-state index contributed by atoms with van der Waals surface area (Å²) in [6, 6.07) is 0. The van der Waals surface area contributed by atoms with Gasteiger partial charge in [-0.25, -0.2) is 9.97 Å². The SMILES string of the molecule is COC1CCN(Cc2nc(C(=O)NCCc3nc(C)oc3C)co2)C1. The molecule has 136 valence electrons. The van der Waals surface area contributed by atoms with Gasteiger partial charge in [0.15, 0.2) is 11.6 Å². The summed E-state index contributed by atoms with van der Waals surface area (Å²) in [4.78, 5) is 22.9. The molecule has 3 rings (SSSR count). The molecular formula is C17H24N4O4. The lowest BCUT2D eigenvalue weighted by atomic mass is 10.2. The van der Waals surface area contributed by atoms with Gasteiger partial charge in [-0.1, -0.05) is 0 Å². The van der Waals surface area contributed by atoms with Crippen molar-refractivity contribution in [3.8, 4) is 0 Å². The first-order chi connectivity index (χ1) is 12.0. The second-order valence-electron chi connectivity index (χ2n) is 6.25. The highest BCUT2D eigenvalue weighted by atomic mass is 16.5. The summed E-state index contributed by atoms with van der Waals surface area (Å²) in [5, 5.41) is 2.83. The van der Waals surface area contributed by atoms with Gasteiger partial charge in [-0.2, -0.15) is 0 Å². The third-order valence-corrected chi connectivity index (χ3v) is 4.35. The minimum Gasteiger partial charge on any atom is -0.447 e. The summed E-state index contributed by atoms with van der Waals surface area (Å²) in [5.41, 5.74) is 1.16. The summed E-state index contributed by atoms with van der Waals surface area (Å²) in [6.07, 6.45) is 3.29. The zero-order valence-corrected chi connectivity index (χ0v) is 14.9. The Morgan fingerprint density at radius 3 is 2.96 bits per heavy atom. The molecule has 1 aliphatic rings. The molecule has 3 heterocycles.